The summed E-state index contributed by atoms with van der Waals surface area (Å²) >= 11 is 0. The fraction of sp³-hybridized carbons (Fsp3) is 0.917. The second-order valence-corrected chi connectivity index (χ2v) is 5.02. The van der Waals surface area contributed by atoms with Crippen LogP contribution in [-0.2, 0) is 4.79 Å². The molecule has 0 aromatic carbocycles. The lowest BCUT2D eigenvalue weighted by Crippen LogP contribution is -2.56. The third-order valence-electron chi connectivity index (χ3n) is 4.17. The molecule has 0 atom stereocenters. The number of aliphatic hydroxyl groups excluding tert-OH is 1. The molecule has 2 aliphatic rings. The zero-order valence-electron chi connectivity index (χ0n) is 10.1. The predicted octanol–water partition coefficient (Wildman–Crippen LogP) is 0.313. The largest absolute Gasteiger partial charge is 0.395 e. The molecule has 0 aromatic heterocycles. The Bertz CT molecular complexity index is 250. The quantitative estimate of drug-likeness (QED) is 0.753. The minimum absolute atomic E-state index is 0.0276. The highest BCUT2D eigenvalue weighted by atomic mass is 16.3. The fourth-order valence-electron chi connectivity index (χ4n) is 2.65. The molecular weight excluding hydrogens is 204 g/mol. The molecule has 4 heteroatoms. The normalized spacial score (nSPS) is 25.2. The molecule has 1 aliphatic heterocycles. The van der Waals surface area contributed by atoms with Crippen molar-refractivity contribution in [1.82, 2.24) is 9.80 Å². The first-order valence-corrected chi connectivity index (χ1v) is 6.34. The first-order valence-electron chi connectivity index (χ1n) is 6.34. The van der Waals surface area contributed by atoms with Crippen LogP contribution in [0.3, 0.4) is 0 Å². The van der Waals surface area contributed by atoms with Crippen LogP contribution in [0, 0.1) is 5.41 Å². The van der Waals surface area contributed by atoms with Gasteiger partial charge in [0.2, 0.25) is 5.91 Å². The maximum atomic E-state index is 12.3. The maximum Gasteiger partial charge on any atom is 0.231 e. The third kappa shape index (κ3) is 1.96. The van der Waals surface area contributed by atoms with Crippen LogP contribution < -0.4 is 0 Å². The monoisotopic (exact) mass is 226 g/mol. The van der Waals surface area contributed by atoms with E-state index in [-0.39, 0.29) is 12.5 Å². The van der Waals surface area contributed by atoms with Crippen molar-refractivity contribution < 1.29 is 9.90 Å². The zero-order valence-corrected chi connectivity index (χ0v) is 10.1. The van der Waals surface area contributed by atoms with Crippen LogP contribution in [0.5, 0.6) is 0 Å². The topological polar surface area (TPSA) is 43.8 Å². The third-order valence-corrected chi connectivity index (χ3v) is 4.17. The molecule has 0 bridgehead atoms. The van der Waals surface area contributed by atoms with Crippen molar-refractivity contribution in [2.75, 3.05) is 39.3 Å². The Labute approximate surface area is 97.2 Å². The minimum Gasteiger partial charge on any atom is -0.395 e. The lowest BCUT2D eigenvalue weighted by molar-refractivity contribution is -0.152. The minimum atomic E-state index is -0.408. The summed E-state index contributed by atoms with van der Waals surface area (Å²) in [5.41, 5.74) is -0.408. The molecule has 1 aliphatic carbocycles. The van der Waals surface area contributed by atoms with Gasteiger partial charge in [0.1, 0.15) is 0 Å². The summed E-state index contributed by atoms with van der Waals surface area (Å²) in [7, 11) is 0. The molecule has 16 heavy (non-hydrogen) atoms. The lowest BCUT2D eigenvalue weighted by Gasteiger charge is -2.44. The van der Waals surface area contributed by atoms with Crippen LogP contribution in [0.2, 0.25) is 0 Å². The molecular formula is C12H22N2O2. The number of hydrogen-bond donors (Lipinski definition) is 1. The highest BCUT2D eigenvalue weighted by molar-refractivity contribution is 5.83. The summed E-state index contributed by atoms with van der Waals surface area (Å²) in [6.07, 6.45) is 2.83. The average molecular weight is 226 g/mol. The number of rotatable bonds is 3. The summed E-state index contributed by atoms with van der Waals surface area (Å²) in [6.45, 7) is 6.85. The maximum absolute atomic E-state index is 12.3. The van der Waals surface area contributed by atoms with E-state index in [4.69, 9.17) is 0 Å². The number of hydrogen-bond acceptors (Lipinski definition) is 3. The second kappa shape index (κ2) is 4.72. The van der Waals surface area contributed by atoms with Gasteiger partial charge in [0.05, 0.1) is 12.0 Å². The molecule has 2 fully saturated rings. The molecule has 0 unspecified atom stereocenters. The fourth-order valence-corrected chi connectivity index (χ4v) is 2.65. The molecule has 0 aromatic rings. The number of nitrogens with zero attached hydrogens (tertiary/aromatic N) is 2. The molecule has 4 nitrogen and oxygen atoms in total. The molecule has 1 saturated heterocycles. The lowest BCUT2D eigenvalue weighted by atomic mass is 9.68. The summed E-state index contributed by atoms with van der Waals surface area (Å²) in [4.78, 5) is 16.6. The summed E-state index contributed by atoms with van der Waals surface area (Å²) < 4.78 is 0. The SMILES string of the molecule is CCN1CCN(C(=O)C2(CO)CCC2)CC1. The number of likely N-dealkylation sites (N-methyl/N-ethyl adjacent to an activating group) is 1. The van der Waals surface area contributed by atoms with Crippen LogP contribution in [0.25, 0.3) is 0 Å². The number of carbonyl (C=O) groups is 1. The smallest absolute Gasteiger partial charge is 0.231 e. The molecule has 1 amide bonds. The molecule has 92 valence electrons. The molecule has 0 radical (unpaired) electrons. The summed E-state index contributed by atoms with van der Waals surface area (Å²) in [6, 6.07) is 0. The van der Waals surface area contributed by atoms with Gasteiger partial charge in [0.15, 0.2) is 0 Å². The van der Waals surface area contributed by atoms with Crippen molar-refractivity contribution in [3.05, 3.63) is 0 Å². The van der Waals surface area contributed by atoms with Gasteiger partial charge in [-0.25, -0.2) is 0 Å². The standard InChI is InChI=1S/C12H22N2O2/c1-2-13-6-8-14(9-7-13)11(16)12(10-15)4-3-5-12/h15H,2-10H2,1H3. The van der Waals surface area contributed by atoms with Crippen molar-refractivity contribution in [2.45, 2.75) is 26.2 Å². The zero-order chi connectivity index (χ0) is 11.6. The van der Waals surface area contributed by atoms with Crippen molar-refractivity contribution in [1.29, 1.82) is 0 Å². The Morgan fingerprint density at radius 1 is 1.25 bits per heavy atom. The van der Waals surface area contributed by atoms with Gasteiger partial charge in [-0.3, -0.25) is 4.79 Å². The predicted molar refractivity (Wildman–Crippen MR) is 62.1 cm³/mol. The van der Waals surface area contributed by atoms with Gasteiger partial charge < -0.3 is 14.9 Å². The number of aliphatic hydroxyl groups is 1. The first kappa shape index (κ1) is 11.9. The van der Waals surface area contributed by atoms with E-state index >= 15 is 0 Å². The second-order valence-electron chi connectivity index (χ2n) is 5.02. The van der Waals surface area contributed by atoms with E-state index in [2.05, 4.69) is 11.8 Å². The van der Waals surface area contributed by atoms with E-state index in [0.717, 1.165) is 52.0 Å². The van der Waals surface area contributed by atoms with Gasteiger partial charge in [-0.05, 0) is 19.4 Å². The summed E-state index contributed by atoms with van der Waals surface area (Å²) in [5.74, 6) is 0.192. The van der Waals surface area contributed by atoms with Crippen LogP contribution in [0.15, 0.2) is 0 Å². The van der Waals surface area contributed by atoms with E-state index in [9.17, 15) is 9.90 Å². The van der Waals surface area contributed by atoms with E-state index < -0.39 is 5.41 Å². The van der Waals surface area contributed by atoms with E-state index in [1.807, 2.05) is 4.90 Å². The molecule has 1 N–H and O–H groups in total. The average Bonchev–Trinajstić information content (AvgIpc) is 2.28. The number of piperazine rings is 1. The van der Waals surface area contributed by atoms with Gasteiger partial charge in [-0.1, -0.05) is 13.3 Å². The highest BCUT2D eigenvalue weighted by Crippen LogP contribution is 2.42. The van der Waals surface area contributed by atoms with E-state index in [1.54, 1.807) is 0 Å². The van der Waals surface area contributed by atoms with Gasteiger partial charge in [0.25, 0.3) is 0 Å². The Morgan fingerprint density at radius 3 is 2.25 bits per heavy atom. The molecule has 1 heterocycles. The number of carbonyl (C=O) groups excluding carboxylic acids is 1. The van der Waals surface area contributed by atoms with Crippen LogP contribution in [-0.4, -0.2) is 60.1 Å². The van der Waals surface area contributed by atoms with Gasteiger partial charge in [-0.15, -0.1) is 0 Å². The Balaban J connectivity index is 1.91. The van der Waals surface area contributed by atoms with Crippen molar-refractivity contribution >= 4 is 5.91 Å². The van der Waals surface area contributed by atoms with Gasteiger partial charge >= 0.3 is 0 Å². The van der Waals surface area contributed by atoms with Crippen molar-refractivity contribution in [3.63, 3.8) is 0 Å². The Hall–Kier alpha value is -0.610. The van der Waals surface area contributed by atoms with Crippen LogP contribution in [0.1, 0.15) is 26.2 Å². The van der Waals surface area contributed by atoms with Crippen molar-refractivity contribution in [3.8, 4) is 0 Å². The highest BCUT2D eigenvalue weighted by Gasteiger charge is 2.46. The summed E-state index contributed by atoms with van der Waals surface area (Å²) in [5, 5.41) is 9.38. The first-order chi connectivity index (χ1) is 7.72. The van der Waals surface area contributed by atoms with Gasteiger partial charge in [0, 0.05) is 26.2 Å². The van der Waals surface area contributed by atoms with Crippen molar-refractivity contribution in [2.24, 2.45) is 5.41 Å². The molecule has 0 spiro atoms. The number of amides is 1. The molecule has 2 rings (SSSR count). The van der Waals surface area contributed by atoms with Gasteiger partial charge in [-0.2, -0.15) is 0 Å². The van der Waals surface area contributed by atoms with E-state index in [0.29, 0.717) is 0 Å². The van der Waals surface area contributed by atoms with Crippen LogP contribution in [0.4, 0.5) is 0 Å². The molecule has 1 saturated carbocycles. The van der Waals surface area contributed by atoms with E-state index in [1.165, 1.54) is 0 Å². The Kier molecular flexibility index (Phi) is 3.50. The Morgan fingerprint density at radius 2 is 1.88 bits per heavy atom. The van der Waals surface area contributed by atoms with Crippen LogP contribution >= 0.6 is 0 Å².